The van der Waals surface area contributed by atoms with Gasteiger partial charge in [0.05, 0.1) is 6.04 Å². The molecule has 1 atom stereocenters. The van der Waals surface area contributed by atoms with Crippen LogP contribution in [0.1, 0.15) is 40.4 Å². The maximum Gasteiger partial charge on any atom is 0.254 e. The van der Waals surface area contributed by atoms with Crippen LogP contribution in [0, 0.1) is 6.92 Å². The molecule has 2 aromatic rings. The molecule has 0 N–H and O–H groups in total. The Morgan fingerprint density at radius 2 is 1.90 bits per heavy atom. The van der Waals surface area contributed by atoms with E-state index in [-0.39, 0.29) is 11.9 Å². The van der Waals surface area contributed by atoms with E-state index in [1.165, 1.54) is 5.56 Å². The lowest BCUT2D eigenvalue weighted by Gasteiger charge is -2.25. The zero-order chi connectivity index (χ0) is 13.9. The summed E-state index contributed by atoms with van der Waals surface area (Å²) >= 11 is 0. The van der Waals surface area contributed by atoms with Gasteiger partial charge in [0.15, 0.2) is 0 Å². The lowest BCUT2D eigenvalue weighted by atomic mass is 10.0. The summed E-state index contributed by atoms with van der Waals surface area (Å²) in [5, 5.41) is 0. The Labute approximate surface area is 120 Å². The highest BCUT2D eigenvalue weighted by molar-refractivity contribution is 5.94. The number of amides is 1. The van der Waals surface area contributed by atoms with Gasteiger partial charge in [0.25, 0.3) is 5.91 Å². The number of aryl methyl sites for hydroxylation is 1. The molecule has 1 amide bonds. The van der Waals surface area contributed by atoms with Gasteiger partial charge in [-0.1, -0.05) is 48.0 Å². The molecule has 3 rings (SSSR count). The van der Waals surface area contributed by atoms with Crippen LogP contribution in [0.4, 0.5) is 0 Å². The first-order valence-corrected chi connectivity index (χ1v) is 7.18. The highest BCUT2D eigenvalue weighted by Crippen LogP contribution is 2.32. The van der Waals surface area contributed by atoms with E-state index in [9.17, 15) is 4.79 Å². The lowest BCUT2D eigenvalue weighted by molar-refractivity contribution is 0.0735. The number of rotatable bonds is 2. The third-order valence-corrected chi connectivity index (χ3v) is 3.96. The number of carbonyl (C=O) groups is 1. The summed E-state index contributed by atoms with van der Waals surface area (Å²) in [4.78, 5) is 14.7. The van der Waals surface area contributed by atoms with Crippen LogP contribution in [0.15, 0.2) is 54.6 Å². The average Bonchev–Trinajstić information content (AvgIpc) is 2.97. The number of hydrogen-bond acceptors (Lipinski definition) is 1. The Kier molecular flexibility index (Phi) is 3.55. The topological polar surface area (TPSA) is 20.3 Å². The predicted molar refractivity (Wildman–Crippen MR) is 80.6 cm³/mol. The van der Waals surface area contributed by atoms with Gasteiger partial charge in [0.1, 0.15) is 0 Å². The zero-order valence-electron chi connectivity index (χ0n) is 11.8. The van der Waals surface area contributed by atoms with Gasteiger partial charge in [-0.15, -0.1) is 0 Å². The fourth-order valence-corrected chi connectivity index (χ4v) is 2.98. The molecule has 1 aliphatic heterocycles. The van der Waals surface area contributed by atoms with Crippen LogP contribution in [0.2, 0.25) is 0 Å². The van der Waals surface area contributed by atoms with Crippen LogP contribution < -0.4 is 0 Å². The van der Waals surface area contributed by atoms with E-state index in [2.05, 4.69) is 12.1 Å². The first-order valence-electron chi connectivity index (χ1n) is 7.18. The lowest BCUT2D eigenvalue weighted by Crippen LogP contribution is -2.30. The molecule has 0 aliphatic carbocycles. The standard InChI is InChI=1S/C18H19NO/c1-14-7-5-10-16(13-14)18(20)19-12-6-11-17(19)15-8-3-2-4-9-15/h2-5,7-10,13,17H,6,11-12H2,1H3. The molecule has 1 saturated heterocycles. The fraction of sp³-hybridized carbons (Fsp3) is 0.278. The summed E-state index contributed by atoms with van der Waals surface area (Å²) in [7, 11) is 0. The molecule has 2 heteroatoms. The quantitative estimate of drug-likeness (QED) is 0.804. The summed E-state index contributed by atoms with van der Waals surface area (Å²) in [5.41, 5.74) is 3.17. The second kappa shape index (κ2) is 5.49. The smallest absolute Gasteiger partial charge is 0.254 e. The van der Waals surface area contributed by atoms with Crippen LogP contribution >= 0.6 is 0 Å². The van der Waals surface area contributed by atoms with Crippen molar-refractivity contribution in [1.29, 1.82) is 0 Å². The molecule has 0 radical (unpaired) electrons. The molecule has 102 valence electrons. The molecule has 0 bridgehead atoms. The molecule has 2 nitrogen and oxygen atoms in total. The Hall–Kier alpha value is -2.09. The molecule has 20 heavy (non-hydrogen) atoms. The fourth-order valence-electron chi connectivity index (χ4n) is 2.98. The second-order valence-electron chi connectivity index (χ2n) is 5.44. The van der Waals surface area contributed by atoms with Crippen molar-refractivity contribution in [3.05, 3.63) is 71.3 Å². The van der Waals surface area contributed by atoms with Gasteiger partial charge in [-0.3, -0.25) is 4.79 Å². The maximum atomic E-state index is 12.7. The maximum absolute atomic E-state index is 12.7. The third kappa shape index (κ3) is 2.46. The van der Waals surface area contributed by atoms with Gasteiger partial charge >= 0.3 is 0 Å². The molecule has 1 heterocycles. The van der Waals surface area contributed by atoms with Crippen molar-refractivity contribution < 1.29 is 4.79 Å². The van der Waals surface area contributed by atoms with E-state index in [1.54, 1.807) is 0 Å². The number of benzene rings is 2. The van der Waals surface area contributed by atoms with Crippen LogP contribution in [-0.4, -0.2) is 17.4 Å². The number of carbonyl (C=O) groups excluding carboxylic acids is 1. The third-order valence-electron chi connectivity index (χ3n) is 3.96. The molecule has 2 aromatic carbocycles. The molecule has 0 spiro atoms. The summed E-state index contributed by atoms with van der Waals surface area (Å²) in [5.74, 6) is 0.153. The van der Waals surface area contributed by atoms with Gasteiger partial charge in [0.2, 0.25) is 0 Å². The minimum Gasteiger partial charge on any atom is -0.332 e. The van der Waals surface area contributed by atoms with E-state index in [4.69, 9.17) is 0 Å². The Morgan fingerprint density at radius 1 is 1.10 bits per heavy atom. The van der Waals surface area contributed by atoms with Crippen LogP contribution in [0.5, 0.6) is 0 Å². The highest BCUT2D eigenvalue weighted by atomic mass is 16.2. The minimum atomic E-state index is 0.153. The van der Waals surface area contributed by atoms with Crippen molar-refractivity contribution in [3.63, 3.8) is 0 Å². The highest BCUT2D eigenvalue weighted by Gasteiger charge is 2.30. The van der Waals surface area contributed by atoms with E-state index in [1.807, 2.05) is 54.3 Å². The Bertz CT molecular complexity index is 606. The van der Waals surface area contributed by atoms with Gasteiger partial charge in [-0.25, -0.2) is 0 Å². The van der Waals surface area contributed by atoms with Crippen molar-refractivity contribution in [3.8, 4) is 0 Å². The first kappa shape index (κ1) is 12.9. The van der Waals surface area contributed by atoms with E-state index >= 15 is 0 Å². The molecule has 1 aliphatic rings. The van der Waals surface area contributed by atoms with Crippen molar-refractivity contribution in [1.82, 2.24) is 4.90 Å². The van der Waals surface area contributed by atoms with E-state index in [0.29, 0.717) is 0 Å². The number of likely N-dealkylation sites (tertiary alicyclic amines) is 1. The largest absolute Gasteiger partial charge is 0.332 e. The molecule has 1 unspecified atom stereocenters. The van der Waals surface area contributed by atoms with Crippen molar-refractivity contribution >= 4 is 5.91 Å². The van der Waals surface area contributed by atoms with Gasteiger partial charge in [0, 0.05) is 12.1 Å². The summed E-state index contributed by atoms with van der Waals surface area (Å²) < 4.78 is 0. The summed E-state index contributed by atoms with van der Waals surface area (Å²) in [6.45, 7) is 2.88. The molecular weight excluding hydrogens is 246 g/mol. The zero-order valence-corrected chi connectivity index (χ0v) is 11.8. The Morgan fingerprint density at radius 3 is 2.65 bits per heavy atom. The van der Waals surface area contributed by atoms with Gasteiger partial charge < -0.3 is 4.90 Å². The van der Waals surface area contributed by atoms with Crippen molar-refractivity contribution in [2.45, 2.75) is 25.8 Å². The van der Waals surface area contributed by atoms with Crippen LogP contribution in [-0.2, 0) is 0 Å². The van der Waals surface area contributed by atoms with E-state index < -0.39 is 0 Å². The SMILES string of the molecule is Cc1cccc(C(=O)N2CCCC2c2ccccc2)c1. The minimum absolute atomic E-state index is 0.153. The van der Waals surface area contributed by atoms with E-state index in [0.717, 1.165) is 30.5 Å². The first-order chi connectivity index (χ1) is 9.75. The normalized spacial score (nSPS) is 18.2. The second-order valence-corrected chi connectivity index (χ2v) is 5.44. The van der Waals surface area contributed by atoms with Gasteiger partial charge in [-0.05, 0) is 37.5 Å². The summed E-state index contributed by atoms with van der Waals surface area (Å²) in [6, 6.07) is 18.4. The van der Waals surface area contributed by atoms with Gasteiger partial charge in [-0.2, -0.15) is 0 Å². The number of hydrogen-bond donors (Lipinski definition) is 0. The average molecular weight is 265 g/mol. The summed E-state index contributed by atoms with van der Waals surface area (Å²) in [6.07, 6.45) is 2.14. The Balaban J connectivity index is 1.87. The molecule has 0 aromatic heterocycles. The number of nitrogens with zero attached hydrogens (tertiary/aromatic N) is 1. The van der Waals surface area contributed by atoms with Crippen LogP contribution in [0.25, 0.3) is 0 Å². The molecular formula is C18H19NO. The molecule has 1 fully saturated rings. The molecule has 0 saturated carbocycles. The predicted octanol–water partition coefficient (Wildman–Crippen LogP) is 3.97. The van der Waals surface area contributed by atoms with Crippen LogP contribution in [0.3, 0.4) is 0 Å². The van der Waals surface area contributed by atoms with Crippen molar-refractivity contribution in [2.24, 2.45) is 0 Å². The monoisotopic (exact) mass is 265 g/mol. The van der Waals surface area contributed by atoms with Crippen molar-refractivity contribution in [2.75, 3.05) is 6.54 Å².